The molecule has 18 heavy (non-hydrogen) atoms. The van der Waals surface area contributed by atoms with E-state index in [0.29, 0.717) is 30.3 Å². The number of hydrogen-bond donors (Lipinski definition) is 1. The number of ether oxygens (including phenoxy) is 1. The van der Waals surface area contributed by atoms with E-state index in [2.05, 4.69) is 5.32 Å². The molecule has 0 aromatic carbocycles. The van der Waals surface area contributed by atoms with Crippen molar-refractivity contribution < 1.29 is 17.9 Å². The first-order chi connectivity index (χ1) is 8.52. The topological polar surface area (TPSA) is 72.5 Å². The van der Waals surface area contributed by atoms with Gasteiger partial charge in [0.05, 0.1) is 24.5 Å². The molecule has 2 heterocycles. The van der Waals surface area contributed by atoms with Gasteiger partial charge < -0.3 is 10.1 Å². The number of hydrogen-bond acceptors (Lipinski definition) is 5. The van der Waals surface area contributed by atoms with Crippen LogP contribution in [0, 0.1) is 11.8 Å². The summed E-state index contributed by atoms with van der Waals surface area (Å²) in [5, 5.41) is 3.42. The fourth-order valence-electron chi connectivity index (χ4n) is 3.00. The molecule has 0 bridgehead atoms. The average Bonchev–Trinajstić information content (AvgIpc) is 2.38. The number of carbonyl (C=O) groups excluding carboxylic acids is 1. The highest BCUT2D eigenvalue weighted by molar-refractivity contribution is 7.91. The van der Waals surface area contributed by atoms with E-state index in [4.69, 9.17) is 4.74 Å². The van der Waals surface area contributed by atoms with E-state index in [1.165, 1.54) is 7.11 Å². The Bertz CT molecular complexity index is 392. The van der Waals surface area contributed by atoms with Gasteiger partial charge in [0.2, 0.25) is 0 Å². The van der Waals surface area contributed by atoms with Crippen LogP contribution in [0.15, 0.2) is 0 Å². The molecule has 0 aromatic heterocycles. The van der Waals surface area contributed by atoms with Crippen LogP contribution in [0.1, 0.15) is 25.7 Å². The molecular weight excluding hydrogens is 254 g/mol. The molecule has 2 aliphatic rings. The minimum atomic E-state index is -2.81. The number of rotatable bonds is 2. The number of carbonyl (C=O) groups is 1. The quantitative estimate of drug-likeness (QED) is 0.736. The summed E-state index contributed by atoms with van der Waals surface area (Å²) in [4.78, 5) is 11.6. The first kappa shape index (κ1) is 13.8. The third-order valence-electron chi connectivity index (χ3n) is 4.14. The number of sulfone groups is 1. The highest BCUT2D eigenvalue weighted by Gasteiger charge is 2.35. The van der Waals surface area contributed by atoms with Crippen LogP contribution in [0.4, 0.5) is 0 Å². The second kappa shape index (κ2) is 5.57. The molecule has 5 nitrogen and oxygen atoms in total. The summed E-state index contributed by atoms with van der Waals surface area (Å²) < 4.78 is 27.6. The molecule has 2 rings (SSSR count). The van der Waals surface area contributed by atoms with Crippen molar-refractivity contribution in [3.8, 4) is 0 Å². The predicted octanol–water partition coefficient (Wildman–Crippen LogP) is 0.352. The lowest BCUT2D eigenvalue weighted by Crippen LogP contribution is -2.47. The number of esters is 1. The lowest BCUT2D eigenvalue weighted by atomic mass is 9.83. The third-order valence-corrected chi connectivity index (χ3v) is 5.86. The zero-order valence-corrected chi connectivity index (χ0v) is 11.5. The summed E-state index contributed by atoms with van der Waals surface area (Å²) in [7, 11) is -1.39. The maximum Gasteiger partial charge on any atom is 0.308 e. The summed E-state index contributed by atoms with van der Waals surface area (Å²) in [6, 6.07) is 0.262. The first-order valence-corrected chi connectivity index (χ1v) is 8.35. The maximum atomic E-state index is 11.6. The van der Waals surface area contributed by atoms with Crippen LogP contribution >= 0.6 is 0 Å². The molecule has 2 atom stereocenters. The lowest BCUT2D eigenvalue weighted by Gasteiger charge is -2.36. The third kappa shape index (κ3) is 3.23. The van der Waals surface area contributed by atoms with Gasteiger partial charge in [0, 0.05) is 6.04 Å². The molecule has 2 saturated heterocycles. The Labute approximate surface area is 108 Å². The summed E-state index contributed by atoms with van der Waals surface area (Å²) in [6.07, 6.45) is 3.02. The van der Waals surface area contributed by atoms with E-state index in [0.717, 1.165) is 19.4 Å². The predicted molar refractivity (Wildman–Crippen MR) is 67.9 cm³/mol. The zero-order valence-electron chi connectivity index (χ0n) is 10.7. The first-order valence-electron chi connectivity index (χ1n) is 6.53. The van der Waals surface area contributed by atoms with Gasteiger partial charge in [-0.15, -0.1) is 0 Å². The van der Waals surface area contributed by atoms with Gasteiger partial charge in [-0.05, 0) is 38.1 Å². The Morgan fingerprint density at radius 1 is 1.22 bits per heavy atom. The highest BCUT2D eigenvalue weighted by atomic mass is 32.2. The largest absolute Gasteiger partial charge is 0.469 e. The van der Waals surface area contributed by atoms with E-state index >= 15 is 0 Å². The van der Waals surface area contributed by atoms with E-state index < -0.39 is 9.84 Å². The van der Waals surface area contributed by atoms with Crippen molar-refractivity contribution in [2.45, 2.75) is 31.7 Å². The molecule has 0 aliphatic carbocycles. The maximum absolute atomic E-state index is 11.6. The van der Waals surface area contributed by atoms with E-state index in [1.54, 1.807) is 0 Å². The van der Waals surface area contributed by atoms with Crippen molar-refractivity contribution >= 4 is 15.8 Å². The Morgan fingerprint density at radius 3 is 2.50 bits per heavy atom. The molecule has 2 aliphatic heterocycles. The Hall–Kier alpha value is -0.620. The van der Waals surface area contributed by atoms with Gasteiger partial charge in [-0.1, -0.05) is 0 Å². The van der Waals surface area contributed by atoms with Crippen molar-refractivity contribution in [2.75, 3.05) is 25.2 Å². The van der Waals surface area contributed by atoms with E-state index in [-0.39, 0.29) is 17.9 Å². The Kier molecular flexibility index (Phi) is 4.27. The van der Waals surface area contributed by atoms with Crippen molar-refractivity contribution in [1.29, 1.82) is 0 Å². The molecule has 6 heteroatoms. The molecule has 0 radical (unpaired) electrons. The molecule has 2 unspecified atom stereocenters. The Balaban J connectivity index is 1.91. The van der Waals surface area contributed by atoms with Gasteiger partial charge in [-0.25, -0.2) is 8.42 Å². The zero-order chi connectivity index (χ0) is 13.2. The van der Waals surface area contributed by atoms with Crippen LogP contribution in [-0.4, -0.2) is 45.6 Å². The highest BCUT2D eigenvalue weighted by Crippen LogP contribution is 2.29. The summed E-state index contributed by atoms with van der Waals surface area (Å²) in [5.41, 5.74) is 0. The smallest absolute Gasteiger partial charge is 0.308 e. The fraction of sp³-hybridized carbons (Fsp3) is 0.917. The number of methoxy groups -OCH3 is 1. The van der Waals surface area contributed by atoms with Gasteiger partial charge in [0.25, 0.3) is 0 Å². The SMILES string of the molecule is COC(=O)C1CCNC(C2CCS(=O)(=O)CC2)C1. The minimum absolute atomic E-state index is 0.0280. The van der Waals surface area contributed by atoms with Crippen LogP contribution < -0.4 is 5.32 Å². The molecule has 0 aromatic rings. The van der Waals surface area contributed by atoms with Crippen LogP contribution in [0.3, 0.4) is 0 Å². The fourth-order valence-corrected chi connectivity index (χ4v) is 4.53. The lowest BCUT2D eigenvalue weighted by molar-refractivity contribution is -0.146. The van der Waals surface area contributed by atoms with Crippen LogP contribution in [-0.2, 0) is 19.4 Å². The molecular formula is C12H21NO4S. The van der Waals surface area contributed by atoms with Gasteiger partial charge >= 0.3 is 5.97 Å². The standard InChI is InChI=1S/C12H21NO4S/c1-17-12(14)10-2-5-13-11(8-10)9-3-6-18(15,16)7-4-9/h9-11,13H,2-8H2,1H3. The van der Waals surface area contributed by atoms with Crippen LogP contribution in [0.2, 0.25) is 0 Å². The normalized spacial score (nSPS) is 32.9. The minimum Gasteiger partial charge on any atom is -0.469 e. The average molecular weight is 275 g/mol. The van der Waals surface area contributed by atoms with Crippen molar-refractivity contribution in [3.63, 3.8) is 0 Å². The molecule has 104 valence electrons. The molecule has 1 N–H and O–H groups in total. The van der Waals surface area contributed by atoms with Gasteiger partial charge in [-0.2, -0.15) is 0 Å². The van der Waals surface area contributed by atoms with Crippen molar-refractivity contribution in [2.24, 2.45) is 11.8 Å². The number of nitrogens with one attached hydrogen (secondary N) is 1. The van der Waals surface area contributed by atoms with Gasteiger partial charge in [-0.3, -0.25) is 4.79 Å². The van der Waals surface area contributed by atoms with Gasteiger partial charge in [0.15, 0.2) is 0 Å². The van der Waals surface area contributed by atoms with Gasteiger partial charge in [0.1, 0.15) is 9.84 Å². The van der Waals surface area contributed by atoms with Crippen LogP contribution in [0.5, 0.6) is 0 Å². The number of piperidine rings is 1. The Morgan fingerprint density at radius 2 is 1.89 bits per heavy atom. The van der Waals surface area contributed by atoms with Crippen LogP contribution in [0.25, 0.3) is 0 Å². The molecule has 0 amide bonds. The molecule has 0 saturated carbocycles. The second-order valence-electron chi connectivity index (χ2n) is 5.29. The van der Waals surface area contributed by atoms with E-state index in [9.17, 15) is 13.2 Å². The second-order valence-corrected chi connectivity index (χ2v) is 7.60. The van der Waals surface area contributed by atoms with Crippen molar-refractivity contribution in [1.82, 2.24) is 5.32 Å². The summed E-state index contributed by atoms with van der Waals surface area (Å²) >= 11 is 0. The van der Waals surface area contributed by atoms with E-state index in [1.807, 2.05) is 0 Å². The monoisotopic (exact) mass is 275 g/mol. The summed E-state index contributed by atoms with van der Waals surface area (Å²) in [6.45, 7) is 0.813. The van der Waals surface area contributed by atoms with Crippen molar-refractivity contribution in [3.05, 3.63) is 0 Å². The summed E-state index contributed by atoms with van der Waals surface area (Å²) in [5.74, 6) is 0.794. The molecule has 2 fully saturated rings. The molecule has 0 spiro atoms.